The van der Waals surface area contributed by atoms with Gasteiger partial charge in [0.05, 0.1) is 0 Å². The average molecular weight is 378 g/mol. The first-order valence-electron chi connectivity index (χ1n) is 10.1. The molecule has 28 heavy (non-hydrogen) atoms. The highest BCUT2D eigenvalue weighted by Crippen LogP contribution is 2.33. The molecule has 2 aliphatic rings. The zero-order valence-corrected chi connectivity index (χ0v) is 16.6. The molecule has 0 bridgehead atoms. The van der Waals surface area contributed by atoms with Crippen LogP contribution in [0.2, 0.25) is 0 Å². The van der Waals surface area contributed by atoms with Crippen molar-refractivity contribution in [2.24, 2.45) is 11.8 Å². The van der Waals surface area contributed by atoms with Crippen LogP contribution >= 0.6 is 0 Å². The van der Waals surface area contributed by atoms with Crippen molar-refractivity contribution in [3.8, 4) is 0 Å². The number of hydrogen-bond acceptors (Lipinski definition) is 3. The zero-order chi connectivity index (χ0) is 20.0. The first kappa shape index (κ1) is 18.7. The zero-order valence-electron chi connectivity index (χ0n) is 16.6. The number of carbonyl (C=O) groups is 3. The third-order valence-electron chi connectivity index (χ3n) is 6.06. The summed E-state index contributed by atoms with van der Waals surface area (Å²) in [6.07, 6.45) is 1.92. The maximum atomic E-state index is 13.4. The van der Waals surface area contributed by atoms with E-state index in [1.165, 1.54) is 4.90 Å². The molecule has 1 atom stereocenters. The summed E-state index contributed by atoms with van der Waals surface area (Å²) >= 11 is 0. The Hall–Kier alpha value is -2.69. The molecule has 1 fully saturated rings. The molecule has 0 aromatic heterocycles. The van der Waals surface area contributed by atoms with E-state index < -0.39 is 6.04 Å². The predicted molar refractivity (Wildman–Crippen MR) is 108 cm³/mol. The second-order valence-electron chi connectivity index (χ2n) is 8.39. The number of nitrogens with zero attached hydrogens (tertiary/aromatic N) is 2. The second kappa shape index (κ2) is 7.04. The number of hydrogen-bond donors (Lipinski definition) is 0. The molecule has 0 spiro atoms. The molecule has 4 rings (SSSR count). The fourth-order valence-corrected chi connectivity index (χ4v) is 4.41. The monoisotopic (exact) mass is 378 g/mol. The summed E-state index contributed by atoms with van der Waals surface area (Å²) in [6.45, 7) is 7.36. The minimum absolute atomic E-state index is 0.116. The van der Waals surface area contributed by atoms with Gasteiger partial charge in [-0.15, -0.1) is 0 Å². The van der Waals surface area contributed by atoms with Crippen LogP contribution in [0.5, 0.6) is 0 Å². The van der Waals surface area contributed by atoms with Crippen LogP contribution < -0.4 is 0 Å². The van der Waals surface area contributed by atoms with E-state index in [2.05, 4.69) is 6.92 Å². The van der Waals surface area contributed by atoms with Crippen molar-refractivity contribution in [2.45, 2.75) is 39.7 Å². The summed E-state index contributed by atoms with van der Waals surface area (Å²) in [5.74, 6) is -0.415. The Morgan fingerprint density at radius 1 is 0.964 bits per heavy atom. The fraction of sp³-hybridized carbons (Fsp3) is 0.435. The summed E-state index contributed by atoms with van der Waals surface area (Å²) in [5.41, 5.74) is 0.997. The van der Waals surface area contributed by atoms with Gasteiger partial charge in [-0.2, -0.15) is 0 Å². The summed E-state index contributed by atoms with van der Waals surface area (Å²) in [5, 5.41) is 1.56. The third kappa shape index (κ3) is 2.89. The summed E-state index contributed by atoms with van der Waals surface area (Å²) in [4.78, 5) is 43.1. The van der Waals surface area contributed by atoms with Gasteiger partial charge in [0.2, 0.25) is 5.91 Å². The molecular weight excluding hydrogens is 352 g/mol. The van der Waals surface area contributed by atoms with Gasteiger partial charge in [0.1, 0.15) is 6.04 Å². The van der Waals surface area contributed by atoms with E-state index in [4.69, 9.17) is 0 Å². The number of imide groups is 1. The molecule has 2 aromatic carbocycles. The van der Waals surface area contributed by atoms with Crippen LogP contribution in [-0.4, -0.2) is 46.7 Å². The molecular formula is C23H26N2O3. The third-order valence-corrected chi connectivity index (χ3v) is 6.06. The largest absolute Gasteiger partial charge is 0.341 e. The first-order valence-corrected chi connectivity index (χ1v) is 10.1. The van der Waals surface area contributed by atoms with Crippen LogP contribution in [0.15, 0.2) is 36.4 Å². The molecule has 0 saturated carbocycles. The van der Waals surface area contributed by atoms with Crippen LogP contribution in [-0.2, 0) is 4.79 Å². The Kier molecular flexibility index (Phi) is 4.69. The van der Waals surface area contributed by atoms with Crippen molar-refractivity contribution in [1.82, 2.24) is 9.80 Å². The SMILES string of the molecule is CC1CCN(C(=O)[C@H](C(C)C)N2C(=O)c3cccc4cccc(c34)C2=O)CC1. The standard InChI is InChI=1S/C23H26N2O3/c1-14(2)20(23(28)24-12-10-15(3)11-13-24)25-21(26)17-8-4-6-16-7-5-9-18(19(16)17)22(25)27/h4-9,14-15,20H,10-13H2,1-3H3/t20-/m0/s1. The lowest BCUT2D eigenvalue weighted by Crippen LogP contribution is -2.57. The van der Waals surface area contributed by atoms with E-state index in [1.54, 1.807) is 12.1 Å². The molecule has 2 heterocycles. The Morgan fingerprint density at radius 2 is 1.50 bits per heavy atom. The number of likely N-dealkylation sites (tertiary alicyclic amines) is 1. The van der Waals surface area contributed by atoms with Crippen molar-refractivity contribution >= 4 is 28.5 Å². The quantitative estimate of drug-likeness (QED) is 0.765. The Labute approximate surface area is 165 Å². The lowest BCUT2D eigenvalue weighted by atomic mass is 9.90. The van der Waals surface area contributed by atoms with Gasteiger partial charge in [0, 0.05) is 29.6 Å². The van der Waals surface area contributed by atoms with Gasteiger partial charge < -0.3 is 4.90 Å². The van der Waals surface area contributed by atoms with E-state index in [0.29, 0.717) is 35.5 Å². The van der Waals surface area contributed by atoms with Gasteiger partial charge in [-0.3, -0.25) is 19.3 Å². The molecule has 146 valence electrons. The second-order valence-corrected chi connectivity index (χ2v) is 8.39. The van der Waals surface area contributed by atoms with Gasteiger partial charge in [-0.05, 0) is 42.2 Å². The molecule has 0 radical (unpaired) electrons. The Morgan fingerprint density at radius 3 is 2.00 bits per heavy atom. The summed E-state index contributed by atoms with van der Waals surface area (Å²) in [7, 11) is 0. The molecule has 0 aliphatic carbocycles. The first-order chi connectivity index (χ1) is 13.4. The number of piperidine rings is 1. The number of carbonyl (C=O) groups excluding carboxylic acids is 3. The highest BCUT2D eigenvalue weighted by molar-refractivity contribution is 6.26. The molecule has 5 heteroatoms. The van der Waals surface area contributed by atoms with Crippen molar-refractivity contribution < 1.29 is 14.4 Å². The minimum Gasteiger partial charge on any atom is -0.341 e. The lowest BCUT2D eigenvalue weighted by molar-refractivity contribution is -0.138. The van der Waals surface area contributed by atoms with Crippen LogP contribution in [0.25, 0.3) is 10.8 Å². The van der Waals surface area contributed by atoms with Gasteiger partial charge in [-0.25, -0.2) is 0 Å². The van der Waals surface area contributed by atoms with Gasteiger partial charge in [0.25, 0.3) is 11.8 Å². The molecule has 3 amide bonds. The molecule has 2 aromatic rings. The topological polar surface area (TPSA) is 57.7 Å². The van der Waals surface area contributed by atoms with Crippen LogP contribution in [0.3, 0.4) is 0 Å². The number of amides is 3. The molecule has 2 aliphatic heterocycles. The Bertz CT molecular complexity index is 907. The van der Waals surface area contributed by atoms with Crippen molar-refractivity contribution in [2.75, 3.05) is 13.1 Å². The summed E-state index contributed by atoms with van der Waals surface area (Å²) in [6, 6.07) is 10.2. The number of benzene rings is 2. The Balaban J connectivity index is 1.75. The van der Waals surface area contributed by atoms with E-state index >= 15 is 0 Å². The van der Waals surface area contributed by atoms with Crippen molar-refractivity contribution in [3.05, 3.63) is 47.5 Å². The highest BCUT2D eigenvalue weighted by atomic mass is 16.2. The van der Waals surface area contributed by atoms with Crippen molar-refractivity contribution in [3.63, 3.8) is 0 Å². The number of rotatable bonds is 3. The van der Waals surface area contributed by atoms with Gasteiger partial charge in [-0.1, -0.05) is 45.0 Å². The predicted octanol–water partition coefficient (Wildman–Crippen LogP) is 3.72. The van der Waals surface area contributed by atoms with E-state index in [1.807, 2.05) is 43.0 Å². The lowest BCUT2D eigenvalue weighted by Gasteiger charge is -2.39. The minimum atomic E-state index is -0.781. The smallest absolute Gasteiger partial charge is 0.262 e. The maximum Gasteiger partial charge on any atom is 0.262 e. The maximum absolute atomic E-state index is 13.4. The van der Waals surface area contributed by atoms with Crippen LogP contribution in [0, 0.1) is 11.8 Å². The van der Waals surface area contributed by atoms with Crippen LogP contribution in [0.4, 0.5) is 0 Å². The van der Waals surface area contributed by atoms with Crippen LogP contribution in [0.1, 0.15) is 54.3 Å². The molecule has 5 nitrogen and oxygen atoms in total. The van der Waals surface area contributed by atoms with Gasteiger partial charge in [0.15, 0.2) is 0 Å². The van der Waals surface area contributed by atoms with E-state index in [0.717, 1.165) is 18.2 Å². The molecule has 1 saturated heterocycles. The van der Waals surface area contributed by atoms with E-state index in [-0.39, 0.29) is 23.6 Å². The summed E-state index contributed by atoms with van der Waals surface area (Å²) < 4.78 is 0. The fourth-order valence-electron chi connectivity index (χ4n) is 4.41. The highest BCUT2D eigenvalue weighted by Gasteiger charge is 2.43. The molecule has 0 unspecified atom stereocenters. The van der Waals surface area contributed by atoms with Gasteiger partial charge >= 0.3 is 0 Å². The average Bonchev–Trinajstić information content (AvgIpc) is 2.69. The van der Waals surface area contributed by atoms with Crippen molar-refractivity contribution in [1.29, 1.82) is 0 Å². The molecule has 0 N–H and O–H groups in total. The normalized spacial score (nSPS) is 18.9. The van der Waals surface area contributed by atoms with E-state index in [9.17, 15) is 14.4 Å².